The van der Waals surface area contributed by atoms with Gasteiger partial charge >= 0.3 is 23.9 Å². The number of ketones is 2. The number of ether oxygens (including phenoxy) is 4. The molecular weight excluding hydrogens is 1240 g/mol. The number of aliphatic hydroxyl groups excluding tert-OH is 3. The van der Waals surface area contributed by atoms with Crippen LogP contribution in [0.4, 0.5) is 11.4 Å². The topological polar surface area (TPSA) is 363 Å². The van der Waals surface area contributed by atoms with Gasteiger partial charge in [0.15, 0.2) is 18.0 Å². The molecule has 2 amide bonds. The molecule has 0 heterocycles. The number of benzene rings is 4. The van der Waals surface area contributed by atoms with Crippen LogP contribution in [0.5, 0.6) is 23.0 Å². The van der Waals surface area contributed by atoms with Crippen LogP contribution in [-0.2, 0) is 60.7 Å². The number of aliphatic hydroxyl groups is 3. The molecule has 12 atom stereocenters. The largest absolute Gasteiger partial charge is 0.506 e. The molecule has 23 nitrogen and oxygen atoms in total. The van der Waals surface area contributed by atoms with Gasteiger partial charge in [-0.1, -0.05) is 82.7 Å². The fourth-order valence-electron chi connectivity index (χ4n) is 13.3. The number of fused-ring (bicyclic) bond motifs is 5. The summed E-state index contributed by atoms with van der Waals surface area (Å²) in [5.41, 5.74) is 1.87. The van der Waals surface area contributed by atoms with Crippen molar-refractivity contribution in [1.82, 2.24) is 10.6 Å². The molecule has 3 saturated carbocycles. The number of anilines is 2. The maximum atomic E-state index is 13.9. The van der Waals surface area contributed by atoms with E-state index < -0.39 is 75.9 Å². The molecule has 0 spiro atoms. The van der Waals surface area contributed by atoms with E-state index >= 15 is 0 Å². The third-order valence-electron chi connectivity index (χ3n) is 18.1. The fourth-order valence-corrected chi connectivity index (χ4v) is 13.8. The number of allylic oxidation sites excluding steroid dienone is 4. The first kappa shape index (κ1) is 76.3. The number of carboxylic acid groups (broad SMARTS) is 2. The van der Waals surface area contributed by atoms with E-state index in [1.807, 2.05) is 89.2 Å². The second-order valence-electron chi connectivity index (χ2n) is 24.2. The number of carboxylic acids is 2. The average molecular weight is 1330 g/mol. The third-order valence-corrected chi connectivity index (χ3v) is 19.1. The Bertz CT molecular complexity index is 3240. The molecule has 4 aliphatic rings. The molecule has 510 valence electrons. The molecule has 24 heteroatoms. The molecule has 0 aliphatic heterocycles. The van der Waals surface area contributed by atoms with Crippen LogP contribution in [0.3, 0.4) is 0 Å². The number of carbonyl (C=O) groups is 8. The lowest BCUT2D eigenvalue weighted by molar-refractivity contribution is -0.203. The van der Waals surface area contributed by atoms with Crippen molar-refractivity contribution in [1.29, 1.82) is 0 Å². The molecule has 11 N–H and O–H groups in total. The van der Waals surface area contributed by atoms with Gasteiger partial charge in [-0.25, -0.2) is 9.59 Å². The van der Waals surface area contributed by atoms with Gasteiger partial charge in [-0.2, -0.15) is 0 Å². The number of nitrogens with one attached hydrogen (secondary N) is 4. The van der Waals surface area contributed by atoms with Crippen molar-refractivity contribution in [2.75, 3.05) is 44.5 Å². The van der Waals surface area contributed by atoms with E-state index in [1.165, 1.54) is 29.3 Å². The third kappa shape index (κ3) is 18.7. The second kappa shape index (κ2) is 34.6. The number of hydrogen-bond donors (Lipinski definition) is 11. The molecule has 4 aromatic carbocycles. The number of amides is 2. The zero-order valence-corrected chi connectivity index (χ0v) is 55.2. The highest BCUT2D eigenvalue weighted by atomic mass is 35.5. The first-order valence-corrected chi connectivity index (χ1v) is 31.4. The van der Waals surface area contributed by atoms with Gasteiger partial charge in [-0.05, 0) is 147 Å². The van der Waals surface area contributed by atoms with E-state index in [1.54, 1.807) is 58.4 Å². The zero-order valence-electron chi connectivity index (χ0n) is 54.4. The van der Waals surface area contributed by atoms with Crippen molar-refractivity contribution < 1.29 is 93.0 Å². The fraction of sp³-hybridized carbons (Fsp3) is 0.457. The molecule has 0 radical (unpaired) electrons. The summed E-state index contributed by atoms with van der Waals surface area (Å²) >= 11 is 7.48. The lowest BCUT2D eigenvalue weighted by Crippen LogP contribution is -2.69. The highest BCUT2D eigenvalue weighted by Crippen LogP contribution is 2.72. The maximum Gasteiger partial charge on any atom is 0.328 e. The summed E-state index contributed by atoms with van der Waals surface area (Å²) in [6, 6.07) is 25.4. The van der Waals surface area contributed by atoms with Gasteiger partial charge in [0.05, 0.1) is 48.8 Å². The van der Waals surface area contributed by atoms with E-state index in [9.17, 15) is 63.9 Å². The average Bonchev–Trinajstić information content (AvgIpc) is 1.39. The van der Waals surface area contributed by atoms with Crippen LogP contribution >= 0.6 is 11.6 Å². The predicted molar refractivity (Wildman–Crippen MR) is 351 cm³/mol. The van der Waals surface area contributed by atoms with Crippen LogP contribution in [0, 0.1) is 28.6 Å². The van der Waals surface area contributed by atoms with E-state index in [2.05, 4.69) is 21.3 Å². The Labute approximate surface area is 552 Å². The minimum atomic E-state index is -1.55. The van der Waals surface area contributed by atoms with Crippen molar-refractivity contribution in [2.24, 2.45) is 28.6 Å². The smallest absolute Gasteiger partial charge is 0.328 e. The Morgan fingerprint density at radius 3 is 1.61 bits per heavy atom. The summed E-state index contributed by atoms with van der Waals surface area (Å²) in [6.07, 6.45) is 8.43. The minimum absolute atomic E-state index is 0.0381. The van der Waals surface area contributed by atoms with E-state index in [4.69, 9.17) is 40.8 Å². The Morgan fingerprint density at radius 1 is 0.713 bits per heavy atom. The van der Waals surface area contributed by atoms with Crippen LogP contribution < -0.4 is 30.7 Å². The van der Waals surface area contributed by atoms with Crippen molar-refractivity contribution >= 4 is 71.2 Å². The molecule has 3 fully saturated rings. The number of alkyl halides is 1. The van der Waals surface area contributed by atoms with Crippen molar-refractivity contribution in [3.05, 3.63) is 143 Å². The molecule has 0 aromatic heterocycles. The number of hydrogen-bond acceptors (Lipinski definition) is 19. The zero-order chi connectivity index (χ0) is 69.7. The van der Waals surface area contributed by atoms with Crippen molar-refractivity contribution in [3.63, 3.8) is 0 Å². The summed E-state index contributed by atoms with van der Waals surface area (Å²) in [5, 5.41) is 78.7. The van der Waals surface area contributed by atoms with Gasteiger partial charge < -0.3 is 76.0 Å². The number of Topliss-reactive ketones (excluding diaryl/α,β-unsaturated/α-hetero) is 1. The number of phenols is 2. The number of esters is 2. The second-order valence-corrected chi connectivity index (χ2v) is 24.9. The SMILES string of the molecule is CCC(=O)OCC(=O)[C@@]1(OC(=O)CC)[C@@H](C)C[C@H]2[C@@H]3CCC4=CC(=O)C=C[C@]4(C)[C@@]3(Cl)[C@@H](O)C[C@@]21C.COc1ccc(CC(C)NCC(O)c2ccc(O)c(NC=O)c2)cc1.COc1ccc(CC(C)NCC(O)c2ccc(O)c(NC=O)c2)cc1.O=C(O)/C=C/C(=O)O. The summed E-state index contributed by atoms with van der Waals surface area (Å²) in [7, 11) is 3.28. The van der Waals surface area contributed by atoms with Crippen LogP contribution in [0.2, 0.25) is 0 Å². The molecule has 0 bridgehead atoms. The number of halogens is 1. The summed E-state index contributed by atoms with van der Waals surface area (Å²) < 4.78 is 21.6. The predicted octanol–water partition coefficient (Wildman–Crippen LogP) is 8.25. The lowest BCUT2D eigenvalue weighted by Gasteiger charge is -2.64. The molecular formula is C70H89ClN4O19. The van der Waals surface area contributed by atoms with Gasteiger partial charge in [0.25, 0.3) is 0 Å². The number of aromatic hydroxyl groups is 2. The number of methoxy groups -OCH3 is 2. The minimum Gasteiger partial charge on any atom is -0.506 e. The Balaban J connectivity index is 0.000000246. The number of phenolic OH excluding ortho intramolecular Hbond substituents is 2. The van der Waals surface area contributed by atoms with Crippen LogP contribution in [0.25, 0.3) is 0 Å². The highest BCUT2D eigenvalue weighted by molar-refractivity contribution is 6.26. The molecule has 4 aromatic rings. The molecule has 94 heavy (non-hydrogen) atoms. The Morgan fingerprint density at radius 2 is 1.18 bits per heavy atom. The van der Waals surface area contributed by atoms with Gasteiger partial charge in [0.2, 0.25) is 18.6 Å². The normalized spacial score (nSPS) is 24.3. The van der Waals surface area contributed by atoms with Gasteiger partial charge in [-0.3, -0.25) is 28.8 Å². The summed E-state index contributed by atoms with van der Waals surface area (Å²) in [5.74, 6) is -3.18. The monoisotopic (exact) mass is 1320 g/mol. The maximum absolute atomic E-state index is 13.9. The number of carbonyl (C=O) groups excluding carboxylic acids is 6. The first-order chi connectivity index (χ1) is 44.5. The summed E-state index contributed by atoms with van der Waals surface area (Å²) in [4.78, 5) is 89.6. The number of rotatable bonds is 26. The van der Waals surface area contributed by atoms with Crippen LogP contribution in [0.1, 0.15) is 121 Å². The quantitative estimate of drug-likeness (QED) is 0.00926. The lowest BCUT2D eigenvalue weighted by atomic mass is 9.45. The molecule has 0 saturated heterocycles. The molecule has 4 aliphatic carbocycles. The Hall–Kier alpha value is -8.45. The van der Waals surface area contributed by atoms with E-state index in [0.717, 1.165) is 29.9 Å². The van der Waals surface area contributed by atoms with Crippen molar-refractivity contribution in [2.45, 2.75) is 141 Å². The van der Waals surface area contributed by atoms with Crippen LogP contribution in [-0.4, -0.2) is 147 Å². The van der Waals surface area contributed by atoms with E-state index in [0.29, 0.717) is 68.5 Å². The van der Waals surface area contributed by atoms with Gasteiger partial charge in [-0.15, -0.1) is 11.6 Å². The Kier molecular flexibility index (Phi) is 28.1. The standard InChI is InChI=1S/C28H37ClO7.2C19H24N2O4.C4H4O4/c1-6-23(33)35-15-22(32)28(36-24(34)7-2)16(3)12-20-19-9-8-17-13-18(30)10-11-25(17,4)27(19,29)21(31)14-26(20,28)5;2*1-13(9-14-3-6-16(25-2)7-4-14)20-11-19(24)15-5-8-18(23)17(10-15)21-12-22;5-3(6)1-2-4(7)8/h10-11,13,16,19-21,31H,6-9,12,14-15H2,1-5H3;2*3-8,10,12-13,19-20,23-24H,9,11H2,1-2H3,(H,21,22);1-2H,(H,5,6)(H,7,8)/b;;;2-1+/t16-,19-,20-,21-,25-,26-,27-,28-;;;/m0.../s1. The first-order valence-electron chi connectivity index (χ1n) is 31.0. The molecule has 8 rings (SSSR count). The highest BCUT2D eigenvalue weighted by Gasteiger charge is 2.76. The summed E-state index contributed by atoms with van der Waals surface area (Å²) in [6.45, 7) is 13.4. The van der Waals surface area contributed by atoms with Gasteiger partial charge in [0, 0.05) is 66.9 Å². The molecule has 4 unspecified atom stereocenters. The van der Waals surface area contributed by atoms with Crippen molar-refractivity contribution in [3.8, 4) is 23.0 Å². The van der Waals surface area contributed by atoms with Gasteiger partial charge in [0.1, 0.15) is 23.0 Å². The number of aliphatic carboxylic acids is 2. The van der Waals surface area contributed by atoms with Crippen LogP contribution in [0.15, 0.2) is 121 Å². The van der Waals surface area contributed by atoms with E-state index in [-0.39, 0.29) is 77.8 Å².